The van der Waals surface area contributed by atoms with Crippen LogP contribution in [0.1, 0.15) is 22.8 Å². The number of hydrogen-bond donors (Lipinski definition) is 0. The van der Waals surface area contributed by atoms with Gasteiger partial charge in [0, 0.05) is 18.0 Å². The maximum Gasteiger partial charge on any atom is 0.163 e. The first-order valence-corrected chi connectivity index (χ1v) is 5.49. The summed E-state index contributed by atoms with van der Waals surface area (Å²) in [6.45, 7) is 1.67. The molecule has 92 valence electrons. The molecule has 0 saturated heterocycles. The average Bonchev–Trinajstić information content (AvgIpc) is 2.38. The SMILES string of the molecule is CC(=O)c1cc(F)ccc1OCc1cccnc1. The molecular weight excluding hydrogens is 233 g/mol. The summed E-state index contributed by atoms with van der Waals surface area (Å²) >= 11 is 0. The van der Waals surface area contributed by atoms with Crippen molar-refractivity contribution < 1.29 is 13.9 Å². The molecule has 0 unspecified atom stereocenters. The molecule has 0 radical (unpaired) electrons. The van der Waals surface area contributed by atoms with Crippen molar-refractivity contribution >= 4 is 5.78 Å². The number of ketones is 1. The van der Waals surface area contributed by atoms with Gasteiger partial charge in [0.1, 0.15) is 18.2 Å². The summed E-state index contributed by atoms with van der Waals surface area (Å²) in [7, 11) is 0. The molecule has 1 aromatic carbocycles. The minimum Gasteiger partial charge on any atom is -0.488 e. The van der Waals surface area contributed by atoms with Gasteiger partial charge in [0.2, 0.25) is 0 Å². The Morgan fingerprint density at radius 2 is 2.22 bits per heavy atom. The standard InChI is InChI=1S/C14H12FNO2/c1-10(17)13-7-12(15)4-5-14(13)18-9-11-3-2-6-16-8-11/h2-8H,9H2,1H3. The number of carbonyl (C=O) groups excluding carboxylic acids is 1. The highest BCUT2D eigenvalue weighted by atomic mass is 19.1. The molecule has 0 fully saturated rings. The summed E-state index contributed by atoms with van der Waals surface area (Å²) in [4.78, 5) is 15.3. The number of benzene rings is 1. The predicted molar refractivity (Wildman–Crippen MR) is 65.0 cm³/mol. The van der Waals surface area contributed by atoms with Crippen LogP contribution in [-0.2, 0) is 6.61 Å². The van der Waals surface area contributed by atoms with E-state index >= 15 is 0 Å². The van der Waals surface area contributed by atoms with Crippen molar-refractivity contribution in [2.45, 2.75) is 13.5 Å². The molecular formula is C14H12FNO2. The normalized spacial score (nSPS) is 10.1. The fourth-order valence-corrected chi connectivity index (χ4v) is 1.55. The van der Waals surface area contributed by atoms with E-state index in [1.165, 1.54) is 25.1 Å². The lowest BCUT2D eigenvalue weighted by atomic mass is 10.1. The van der Waals surface area contributed by atoms with E-state index in [-0.39, 0.29) is 11.3 Å². The van der Waals surface area contributed by atoms with Crippen LogP contribution in [0, 0.1) is 5.82 Å². The second-order valence-electron chi connectivity index (χ2n) is 3.85. The number of ether oxygens (including phenoxy) is 1. The molecule has 2 aromatic rings. The lowest BCUT2D eigenvalue weighted by Crippen LogP contribution is -2.02. The molecule has 0 aliphatic rings. The second-order valence-corrected chi connectivity index (χ2v) is 3.85. The van der Waals surface area contributed by atoms with Crippen LogP contribution in [0.5, 0.6) is 5.75 Å². The van der Waals surface area contributed by atoms with Gasteiger partial charge in [0.15, 0.2) is 5.78 Å². The summed E-state index contributed by atoms with van der Waals surface area (Å²) < 4.78 is 18.6. The van der Waals surface area contributed by atoms with Gasteiger partial charge < -0.3 is 4.74 Å². The summed E-state index contributed by atoms with van der Waals surface area (Å²) in [6, 6.07) is 7.58. The fourth-order valence-electron chi connectivity index (χ4n) is 1.55. The second kappa shape index (κ2) is 5.40. The van der Waals surface area contributed by atoms with Crippen molar-refractivity contribution in [3.63, 3.8) is 0 Å². The third-order valence-electron chi connectivity index (χ3n) is 2.44. The Morgan fingerprint density at radius 3 is 2.89 bits per heavy atom. The Kier molecular flexibility index (Phi) is 3.67. The molecule has 0 aliphatic heterocycles. The van der Waals surface area contributed by atoms with Gasteiger partial charge in [-0.05, 0) is 31.2 Å². The topological polar surface area (TPSA) is 39.2 Å². The van der Waals surface area contributed by atoms with Crippen molar-refractivity contribution in [1.29, 1.82) is 0 Å². The Bertz CT molecular complexity index is 555. The molecule has 1 aromatic heterocycles. The van der Waals surface area contributed by atoms with Crippen LogP contribution in [0.2, 0.25) is 0 Å². The Balaban J connectivity index is 2.17. The number of pyridine rings is 1. The van der Waals surface area contributed by atoms with Crippen molar-refractivity contribution in [1.82, 2.24) is 4.98 Å². The van der Waals surface area contributed by atoms with E-state index in [1.807, 2.05) is 6.07 Å². The van der Waals surface area contributed by atoms with Gasteiger partial charge in [-0.15, -0.1) is 0 Å². The summed E-state index contributed by atoms with van der Waals surface area (Å²) in [5.74, 6) is -0.294. The maximum atomic E-state index is 13.1. The Hall–Kier alpha value is -2.23. The maximum absolute atomic E-state index is 13.1. The number of nitrogens with zero attached hydrogens (tertiary/aromatic N) is 1. The van der Waals surface area contributed by atoms with Crippen molar-refractivity contribution in [2.75, 3.05) is 0 Å². The lowest BCUT2D eigenvalue weighted by molar-refractivity contribution is 0.101. The van der Waals surface area contributed by atoms with Crippen LogP contribution >= 0.6 is 0 Å². The van der Waals surface area contributed by atoms with Gasteiger partial charge >= 0.3 is 0 Å². The number of Topliss-reactive ketones (excluding diaryl/α,β-unsaturated/α-hetero) is 1. The molecule has 0 saturated carbocycles. The molecule has 0 amide bonds. The average molecular weight is 245 g/mol. The minimum absolute atomic E-state index is 0.226. The van der Waals surface area contributed by atoms with Crippen LogP contribution in [0.4, 0.5) is 4.39 Å². The third-order valence-corrected chi connectivity index (χ3v) is 2.44. The van der Waals surface area contributed by atoms with Crippen LogP contribution in [0.15, 0.2) is 42.7 Å². The van der Waals surface area contributed by atoms with E-state index in [4.69, 9.17) is 4.74 Å². The number of rotatable bonds is 4. The zero-order valence-electron chi connectivity index (χ0n) is 9.89. The lowest BCUT2D eigenvalue weighted by Gasteiger charge is -2.09. The fraction of sp³-hybridized carbons (Fsp3) is 0.143. The van der Waals surface area contributed by atoms with E-state index < -0.39 is 5.82 Å². The van der Waals surface area contributed by atoms with Crippen LogP contribution < -0.4 is 4.74 Å². The molecule has 4 heteroatoms. The number of aromatic nitrogens is 1. The molecule has 2 rings (SSSR count). The van der Waals surface area contributed by atoms with E-state index in [2.05, 4.69) is 4.98 Å². The van der Waals surface area contributed by atoms with Gasteiger partial charge in [-0.3, -0.25) is 9.78 Å². The van der Waals surface area contributed by atoms with E-state index in [0.717, 1.165) is 5.56 Å². The number of carbonyl (C=O) groups is 1. The number of hydrogen-bond acceptors (Lipinski definition) is 3. The largest absolute Gasteiger partial charge is 0.488 e. The highest BCUT2D eigenvalue weighted by Gasteiger charge is 2.10. The smallest absolute Gasteiger partial charge is 0.163 e. The molecule has 0 aliphatic carbocycles. The van der Waals surface area contributed by atoms with Gasteiger partial charge in [0.05, 0.1) is 5.56 Å². The first-order chi connectivity index (χ1) is 8.66. The molecule has 3 nitrogen and oxygen atoms in total. The molecule has 0 spiro atoms. The zero-order chi connectivity index (χ0) is 13.0. The van der Waals surface area contributed by atoms with Gasteiger partial charge in [0.25, 0.3) is 0 Å². The monoisotopic (exact) mass is 245 g/mol. The quantitative estimate of drug-likeness (QED) is 0.777. The molecule has 18 heavy (non-hydrogen) atoms. The van der Waals surface area contributed by atoms with Crippen LogP contribution in [-0.4, -0.2) is 10.8 Å². The van der Waals surface area contributed by atoms with Crippen LogP contribution in [0.3, 0.4) is 0 Å². The van der Waals surface area contributed by atoms with Crippen molar-refractivity contribution in [3.8, 4) is 5.75 Å². The summed E-state index contributed by atoms with van der Waals surface area (Å²) in [5, 5.41) is 0. The molecule has 0 bridgehead atoms. The van der Waals surface area contributed by atoms with E-state index in [1.54, 1.807) is 18.5 Å². The minimum atomic E-state index is -0.450. The first-order valence-electron chi connectivity index (χ1n) is 5.49. The zero-order valence-corrected chi connectivity index (χ0v) is 9.89. The molecule has 0 atom stereocenters. The Morgan fingerprint density at radius 1 is 1.39 bits per heavy atom. The first kappa shape index (κ1) is 12.2. The van der Waals surface area contributed by atoms with Crippen molar-refractivity contribution in [3.05, 3.63) is 59.7 Å². The van der Waals surface area contributed by atoms with Crippen molar-refractivity contribution in [2.24, 2.45) is 0 Å². The third kappa shape index (κ3) is 2.91. The van der Waals surface area contributed by atoms with E-state index in [9.17, 15) is 9.18 Å². The Labute approximate surface area is 104 Å². The van der Waals surface area contributed by atoms with Gasteiger partial charge in [-0.2, -0.15) is 0 Å². The molecule has 0 N–H and O–H groups in total. The summed E-state index contributed by atoms with van der Waals surface area (Å²) in [6.07, 6.45) is 3.35. The molecule has 1 heterocycles. The van der Waals surface area contributed by atoms with E-state index in [0.29, 0.717) is 12.4 Å². The van der Waals surface area contributed by atoms with Gasteiger partial charge in [-0.25, -0.2) is 4.39 Å². The van der Waals surface area contributed by atoms with Gasteiger partial charge in [-0.1, -0.05) is 6.07 Å². The summed E-state index contributed by atoms with van der Waals surface area (Å²) in [5.41, 5.74) is 1.13. The van der Waals surface area contributed by atoms with Crippen LogP contribution in [0.25, 0.3) is 0 Å². The number of halogens is 1. The highest BCUT2D eigenvalue weighted by molar-refractivity contribution is 5.96. The highest BCUT2D eigenvalue weighted by Crippen LogP contribution is 2.21. The predicted octanol–water partition coefficient (Wildman–Crippen LogP) is 3.00.